The molecule has 46 heavy (non-hydrogen) atoms. The van der Waals surface area contributed by atoms with Gasteiger partial charge < -0.3 is 4.90 Å². The highest BCUT2D eigenvalue weighted by molar-refractivity contribution is 5.85. The quantitative estimate of drug-likeness (QED) is 0.135. The van der Waals surface area contributed by atoms with Gasteiger partial charge in [0.15, 0.2) is 0 Å². The predicted molar refractivity (Wildman–Crippen MR) is 201 cm³/mol. The van der Waals surface area contributed by atoms with Crippen molar-refractivity contribution in [3.63, 3.8) is 0 Å². The van der Waals surface area contributed by atoms with Crippen LogP contribution in [0.1, 0.15) is 72.3 Å². The summed E-state index contributed by atoms with van der Waals surface area (Å²) in [6.07, 6.45) is 1.98. The lowest BCUT2D eigenvalue weighted by Gasteiger charge is -2.28. The molecule has 0 saturated heterocycles. The Morgan fingerprint density at radius 1 is 0.370 bits per heavy atom. The van der Waals surface area contributed by atoms with E-state index in [9.17, 15) is 0 Å². The molecule has 5 rings (SSSR count). The molecule has 0 amide bonds. The molecule has 0 spiro atoms. The molecule has 0 radical (unpaired) electrons. The van der Waals surface area contributed by atoms with E-state index in [2.05, 4.69) is 166 Å². The molecule has 0 unspecified atom stereocenters. The van der Waals surface area contributed by atoms with E-state index in [4.69, 9.17) is 5.10 Å². The van der Waals surface area contributed by atoms with Gasteiger partial charge in [0.25, 0.3) is 0 Å². The second-order valence-electron chi connectivity index (χ2n) is 13.3. The van der Waals surface area contributed by atoms with Crippen LogP contribution in [0.15, 0.2) is 77.9 Å². The Bertz CT molecular complexity index is 1750. The van der Waals surface area contributed by atoms with Gasteiger partial charge in [0.2, 0.25) is 0 Å². The highest BCUT2D eigenvalue weighted by Gasteiger charge is 2.17. The van der Waals surface area contributed by atoms with Crippen LogP contribution in [-0.4, -0.2) is 6.21 Å². The van der Waals surface area contributed by atoms with Gasteiger partial charge >= 0.3 is 0 Å². The molecule has 3 nitrogen and oxygen atoms in total. The highest BCUT2D eigenvalue weighted by Crippen LogP contribution is 2.38. The van der Waals surface area contributed by atoms with Crippen molar-refractivity contribution >= 4 is 34.7 Å². The fraction of sp³-hybridized carbons (Fsp3) is 0.279. The average molecular weight is 608 g/mol. The summed E-state index contributed by atoms with van der Waals surface area (Å²) in [4.78, 5) is 2.38. The van der Waals surface area contributed by atoms with Gasteiger partial charge in [-0.3, -0.25) is 0 Å². The van der Waals surface area contributed by atoms with Crippen LogP contribution >= 0.6 is 0 Å². The lowest BCUT2D eigenvalue weighted by molar-refractivity contribution is 1.07. The Hall–Kier alpha value is -4.63. The smallest absolute Gasteiger partial charge is 0.0658 e. The largest absolute Gasteiger partial charge is 0.310 e. The number of benzene rings is 5. The predicted octanol–water partition coefficient (Wildman–Crippen LogP) is 12.0. The summed E-state index contributed by atoms with van der Waals surface area (Å²) in [6.45, 7) is 26.3. The van der Waals surface area contributed by atoms with E-state index < -0.39 is 0 Å². The van der Waals surface area contributed by atoms with Crippen molar-refractivity contribution in [2.24, 2.45) is 5.10 Å². The molecule has 3 heteroatoms. The van der Waals surface area contributed by atoms with Crippen molar-refractivity contribution in [3.8, 4) is 0 Å². The first-order valence-corrected chi connectivity index (χ1v) is 16.3. The topological polar surface area (TPSA) is 18.8 Å². The maximum atomic E-state index is 5.11. The van der Waals surface area contributed by atoms with E-state index in [1.165, 1.54) is 78.1 Å². The number of hydrogen-bond donors (Lipinski definition) is 0. The summed E-state index contributed by atoms with van der Waals surface area (Å²) in [7, 11) is 0. The number of hydrazone groups is 1. The third-order valence-corrected chi connectivity index (χ3v) is 10.1. The van der Waals surface area contributed by atoms with Crippen molar-refractivity contribution in [1.29, 1.82) is 0 Å². The molecule has 0 fully saturated rings. The highest BCUT2D eigenvalue weighted by atomic mass is 15.5. The van der Waals surface area contributed by atoms with E-state index in [1.54, 1.807) is 0 Å². The minimum absolute atomic E-state index is 1.04. The number of nitrogens with zero attached hydrogens (tertiary/aromatic N) is 3. The molecule has 236 valence electrons. The fourth-order valence-electron chi connectivity index (χ4n) is 6.12. The molecule has 0 aliphatic rings. The maximum absolute atomic E-state index is 5.11. The summed E-state index contributed by atoms with van der Waals surface area (Å²) in [6, 6.07) is 26.9. The normalized spacial score (nSPS) is 11.4. The van der Waals surface area contributed by atoms with Crippen LogP contribution in [-0.2, 0) is 0 Å². The molecule has 5 aromatic carbocycles. The first-order chi connectivity index (χ1) is 21.7. The number of rotatable bonds is 7. The summed E-state index contributed by atoms with van der Waals surface area (Å²) in [5.41, 5.74) is 22.2. The molecule has 0 aliphatic carbocycles. The van der Waals surface area contributed by atoms with Crippen LogP contribution in [0.25, 0.3) is 0 Å². The van der Waals surface area contributed by atoms with Crippen LogP contribution in [0.3, 0.4) is 0 Å². The summed E-state index contributed by atoms with van der Waals surface area (Å²) in [5.74, 6) is 0. The van der Waals surface area contributed by atoms with E-state index in [0.29, 0.717) is 0 Å². The van der Waals surface area contributed by atoms with Gasteiger partial charge in [0.1, 0.15) is 0 Å². The van der Waals surface area contributed by atoms with Crippen LogP contribution in [0.2, 0.25) is 0 Å². The Balaban J connectivity index is 1.57. The third kappa shape index (κ3) is 6.51. The number of hydrogen-bond acceptors (Lipinski definition) is 3. The Kier molecular flexibility index (Phi) is 9.26. The molecule has 0 bridgehead atoms. The van der Waals surface area contributed by atoms with Gasteiger partial charge in [-0.2, -0.15) is 5.10 Å². The minimum atomic E-state index is 1.04. The Labute approximate surface area is 277 Å². The molecule has 5 aromatic rings. The second-order valence-corrected chi connectivity index (χ2v) is 13.3. The molecule has 0 atom stereocenters. The standard InChI is InChI=1S/C43H49N3/c1-26-17-40(18-27(2)34(26)9)45(41-19-28(3)35(10)29(4)20-41)39-15-13-38(14-16-39)25-44-46(42-21-30(5)36(11)31(6)22-42)43-23-32(7)37(12)33(8)24-43/h13-25H,1-12H3. The molecule has 0 saturated carbocycles. The Morgan fingerprint density at radius 2 is 0.652 bits per heavy atom. The molecule has 0 aliphatic heterocycles. The van der Waals surface area contributed by atoms with Gasteiger partial charge in [0, 0.05) is 17.1 Å². The summed E-state index contributed by atoms with van der Waals surface area (Å²) < 4.78 is 0. The van der Waals surface area contributed by atoms with Crippen molar-refractivity contribution < 1.29 is 0 Å². The van der Waals surface area contributed by atoms with E-state index in [1.807, 2.05) is 6.21 Å². The average Bonchev–Trinajstić information content (AvgIpc) is 3.00. The summed E-state index contributed by atoms with van der Waals surface area (Å²) in [5, 5.41) is 7.19. The van der Waals surface area contributed by atoms with Crippen LogP contribution in [0.5, 0.6) is 0 Å². The zero-order valence-electron chi connectivity index (χ0n) is 29.8. The van der Waals surface area contributed by atoms with Crippen molar-refractivity contribution in [2.75, 3.05) is 9.91 Å². The van der Waals surface area contributed by atoms with Gasteiger partial charge in [0.05, 0.1) is 17.6 Å². The maximum Gasteiger partial charge on any atom is 0.0658 e. The molecule has 0 aromatic heterocycles. The van der Waals surface area contributed by atoms with Gasteiger partial charge in [-0.15, -0.1) is 0 Å². The first-order valence-electron chi connectivity index (χ1n) is 16.3. The fourth-order valence-corrected chi connectivity index (χ4v) is 6.12. The molecule has 0 N–H and O–H groups in total. The van der Waals surface area contributed by atoms with Crippen molar-refractivity contribution in [3.05, 3.63) is 145 Å². The SMILES string of the molecule is Cc1cc(N(N=Cc2ccc(N(c3cc(C)c(C)c(C)c3)c3cc(C)c(C)c(C)c3)cc2)c2cc(C)c(C)c(C)c2)cc(C)c1C. The van der Waals surface area contributed by atoms with Gasteiger partial charge in [-0.1, -0.05) is 12.1 Å². The van der Waals surface area contributed by atoms with Crippen LogP contribution < -0.4 is 9.91 Å². The van der Waals surface area contributed by atoms with E-state index in [0.717, 1.165) is 22.6 Å². The first kappa shape index (κ1) is 32.8. The van der Waals surface area contributed by atoms with Gasteiger partial charge in [-0.05, 0) is 216 Å². The zero-order valence-corrected chi connectivity index (χ0v) is 29.8. The van der Waals surface area contributed by atoms with Crippen LogP contribution in [0, 0.1) is 83.1 Å². The lowest BCUT2D eigenvalue weighted by atomic mass is 10.00. The molecule has 0 heterocycles. The van der Waals surface area contributed by atoms with Gasteiger partial charge in [-0.25, -0.2) is 5.01 Å². The van der Waals surface area contributed by atoms with Crippen LogP contribution in [0.4, 0.5) is 28.4 Å². The Morgan fingerprint density at radius 3 is 0.957 bits per heavy atom. The van der Waals surface area contributed by atoms with E-state index >= 15 is 0 Å². The second kappa shape index (κ2) is 13.0. The third-order valence-electron chi connectivity index (χ3n) is 10.1. The lowest BCUT2D eigenvalue weighted by Crippen LogP contribution is -2.12. The monoisotopic (exact) mass is 607 g/mol. The molecular formula is C43H49N3. The van der Waals surface area contributed by atoms with E-state index in [-0.39, 0.29) is 0 Å². The number of anilines is 5. The molecular weight excluding hydrogens is 558 g/mol. The van der Waals surface area contributed by atoms with Crippen molar-refractivity contribution in [1.82, 2.24) is 0 Å². The van der Waals surface area contributed by atoms with Crippen molar-refractivity contribution in [2.45, 2.75) is 83.1 Å². The zero-order chi connectivity index (χ0) is 33.4. The number of aryl methyl sites for hydroxylation is 8. The summed E-state index contributed by atoms with van der Waals surface area (Å²) >= 11 is 0. The minimum Gasteiger partial charge on any atom is -0.310 e.